The number of carbonyl (C=O) groups is 2. The van der Waals surface area contributed by atoms with Crippen LogP contribution in [0, 0.1) is 0 Å². The van der Waals surface area contributed by atoms with Crippen molar-refractivity contribution in [2.75, 3.05) is 17.4 Å². The third kappa shape index (κ3) is 8.13. The minimum Gasteiger partial charge on any atom is -0.354 e. The summed E-state index contributed by atoms with van der Waals surface area (Å²) in [5, 5.41) is 3.81. The van der Waals surface area contributed by atoms with E-state index in [9.17, 15) is 18.0 Å². The van der Waals surface area contributed by atoms with E-state index in [2.05, 4.69) is 5.32 Å². The van der Waals surface area contributed by atoms with E-state index < -0.39 is 28.5 Å². The van der Waals surface area contributed by atoms with E-state index in [1.165, 1.54) is 35.2 Å². The SMILES string of the molecule is CCCCNC(=O)[C@H](CC)N(Cc1ccc(Cl)cc1)C(=O)CN(c1ccc(Cl)cc1Cl)S(=O)(=O)c1ccccc1. The number of halogens is 3. The Hall–Kier alpha value is -2.78. The highest BCUT2D eigenvalue weighted by molar-refractivity contribution is 7.92. The van der Waals surface area contributed by atoms with E-state index in [-0.39, 0.29) is 28.1 Å². The fraction of sp³-hybridized carbons (Fsp3) is 0.310. The first-order chi connectivity index (χ1) is 19.1. The molecular formula is C29H32Cl3N3O4S. The summed E-state index contributed by atoms with van der Waals surface area (Å²) in [5.41, 5.74) is 0.828. The fourth-order valence-electron chi connectivity index (χ4n) is 4.13. The maximum atomic E-state index is 14.0. The average Bonchev–Trinajstić information content (AvgIpc) is 2.93. The van der Waals surface area contributed by atoms with Crippen molar-refractivity contribution in [1.29, 1.82) is 0 Å². The molecule has 0 spiro atoms. The molecule has 3 rings (SSSR count). The van der Waals surface area contributed by atoms with Crippen molar-refractivity contribution in [2.45, 2.75) is 50.6 Å². The summed E-state index contributed by atoms with van der Waals surface area (Å²) in [4.78, 5) is 28.6. The second-order valence-corrected chi connectivity index (χ2v) is 12.3. The molecule has 7 nitrogen and oxygen atoms in total. The van der Waals surface area contributed by atoms with E-state index in [0.29, 0.717) is 23.0 Å². The largest absolute Gasteiger partial charge is 0.354 e. The first-order valence-electron chi connectivity index (χ1n) is 12.9. The number of benzene rings is 3. The molecule has 0 radical (unpaired) electrons. The molecule has 0 fully saturated rings. The van der Waals surface area contributed by atoms with E-state index in [1.54, 1.807) is 49.4 Å². The number of rotatable bonds is 13. The Morgan fingerprint density at radius 1 is 0.900 bits per heavy atom. The topological polar surface area (TPSA) is 86.8 Å². The predicted octanol–water partition coefficient (Wildman–Crippen LogP) is 6.57. The van der Waals surface area contributed by atoms with Crippen molar-refractivity contribution in [1.82, 2.24) is 10.2 Å². The van der Waals surface area contributed by atoms with Gasteiger partial charge in [-0.3, -0.25) is 13.9 Å². The zero-order valence-electron chi connectivity index (χ0n) is 22.3. The van der Waals surface area contributed by atoms with E-state index >= 15 is 0 Å². The molecule has 3 aromatic rings. The number of anilines is 1. The van der Waals surface area contributed by atoms with Gasteiger partial charge in [0, 0.05) is 23.1 Å². The van der Waals surface area contributed by atoms with Crippen LogP contribution in [0.1, 0.15) is 38.7 Å². The average molecular weight is 625 g/mol. The van der Waals surface area contributed by atoms with Crippen molar-refractivity contribution in [2.24, 2.45) is 0 Å². The molecule has 3 aromatic carbocycles. The number of hydrogen-bond donors (Lipinski definition) is 1. The van der Waals surface area contributed by atoms with Gasteiger partial charge >= 0.3 is 0 Å². The number of unbranched alkanes of at least 4 members (excludes halogenated alkanes) is 1. The summed E-state index contributed by atoms with van der Waals surface area (Å²) in [7, 11) is -4.23. The molecule has 0 heterocycles. The molecule has 1 N–H and O–H groups in total. The van der Waals surface area contributed by atoms with Crippen LogP contribution in [0.2, 0.25) is 15.1 Å². The Morgan fingerprint density at radius 3 is 2.15 bits per heavy atom. The Morgan fingerprint density at radius 2 is 1.55 bits per heavy atom. The van der Waals surface area contributed by atoms with E-state index in [0.717, 1.165) is 22.7 Å². The fourth-order valence-corrected chi connectivity index (χ4v) is 6.27. The minimum atomic E-state index is -4.23. The first-order valence-corrected chi connectivity index (χ1v) is 15.5. The maximum absolute atomic E-state index is 14.0. The minimum absolute atomic E-state index is 0.0116. The Kier molecular flexibility index (Phi) is 11.7. The normalized spacial score (nSPS) is 12.0. The van der Waals surface area contributed by atoms with Gasteiger partial charge < -0.3 is 10.2 Å². The lowest BCUT2D eigenvalue weighted by Gasteiger charge is -2.33. The molecule has 0 aliphatic heterocycles. The maximum Gasteiger partial charge on any atom is 0.264 e. The Bertz CT molecular complexity index is 1400. The number of nitrogens with zero attached hydrogens (tertiary/aromatic N) is 2. The van der Waals surface area contributed by atoms with Gasteiger partial charge in [-0.05, 0) is 60.9 Å². The monoisotopic (exact) mass is 623 g/mol. The lowest BCUT2D eigenvalue weighted by atomic mass is 10.1. The molecule has 11 heteroatoms. The molecule has 0 saturated carbocycles. The van der Waals surface area contributed by atoms with Gasteiger partial charge in [0.15, 0.2) is 0 Å². The van der Waals surface area contributed by atoms with Gasteiger partial charge in [-0.15, -0.1) is 0 Å². The number of carbonyl (C=O) groups excluding carboxylic acids is 2. The third-order valence-electron chi connectivity index (χ3n) is 6.27. The molecule has 0 aliphatic carbocycles. The number of hydrogen-bond acceptors (Lipinski definition) is 4. The first kappa shape index (κ1) is 31.7. The number of amides is 2. The van der Waals surface area contributed by atoms with Crippen LogP contribution in [0.3, 0.4) is 0 Å². The van der Waals surface area contributed by atoms with Gasteiger partial charge in [-0.2, -0.15) is 0 Å². The van der Waals surface area contributed by atoms with Gasteiger partial charge in [0.05, 0.1) is 15.6 Å². The zero-order valence-corrected chi connectivity index (χ0v) is 25.4. The predicted molar refractivity (Wildman–Crippen MR) is 161 cm³/mol. The molecule has 2 amide bonds. The summed E-state index contributed by atoms with van der Waals surface area (Å²) in [6.07, 6.45) is 2.02. The van der Waals surface area contributed by atoms with Gasteiger partial charge in [0.25, 0.3) is 10.0 Å². The second-order valence-electron chi connectivity index (χ2n) is 9.14. The van der Waals surface area contributed by atoms with Crippen molar-refractivity contribution in [3.05, 3.63) is 93.4 Å². The molecular weight excluding hydrogens is 593 g/mol. The van der Waals surface area contributed by atoms with Crippen molar-refractivity contribution >= 4 is 62.3 Å². The van der Waals surface area contributed by atoms with Gasteiger partial charge in [-0.1, -0.05) is 85.4 Å². The standard InChI is InChI=1S/C29H32Cl3N3O4S/c1-3-5-17-33-29(37)26(4-2)34(19-21-11-13-22(30)14-12-21)28(36)20-35(27-16-15-23(31)18-25(27)32)40(38,39)24-9-7-6-8-10-24/h6-16,18,26H,3-5,17,19-20H2,1-2H3,(H,33,37)/t26-/m0/s1. The highest BCUT2D eigenvalue weighted by Crippen LogP contribution is 2.33. The van der Waals surface area contributed by atoms with Crippen LogP contribution in [-0.2, 0) is 26.2 Å². The number of nitrogens with one attached hydrogen (secondary N) is 1. The smallest absolute Gasteiger partial charge is 0.264 e. The van der Waals surface area contributed by atoms with Crippen LogP contribution in [0.15, 0.2) is 77.7 Å². The van der Waals surface area contributed by atoms with Crippen LogP contribution < -0.4 is 9.62 Å². The molecule has 0 unspecified atom stereocenters. The van der Waals surface area contributed by atoms with Crippen LogP contribution in [0.25, 0.3) is 0 Å². The van der Waals surface area contributed by atoms with E-state index in [4.69, 9.17) is 34.8 Å². The summed E-state index contributed by atoms with van der Waals surface area (Å²) >= 11 is 18.6. The molecule has 214 valence electrons. The number of sulfonamides is 1. The molecule has 0 aliphatic rings. The summed E-state index contributed by atoms with van der Waals surface area (Å²) < 4.78 is 28.6. The summed E-state index contributed by atoms with van der Waals surface area (Å²) in [5.74, 6) is -0.877. The Labute approximate surface area is 251 Å². The van der Waals surface area contributed by atoms with Crippen LogP contribution in [0.5, 0.6) is 0 Å². The van der Waals surface area contributed by atoms with Crippen molar-refractivity contribution in [3.8, 4) is 0 Å². The zero-order chi connectivity index (χ0) is 29.3. The van der Waals surface area contributed by atoms with Crippen LogP contribution in [-0.4, -0.2) is 44.3 Å². The molecule has 0 saturated heterocycles. The van der Waals surface area contributed by atoms with Gasteiger partial charge in [0.1, 0.15) is 12.6 Å². The summed E-state index contributed by atoms with van der Waals surface area (Å²) in [6, 6.07) is 18.2. The highest BCUT2D eigenvalue weighted by atomic mass is 35.5. The molecule has 0 bridgehead atoms. The lowest BCUT2D eigenvalue weighted by molar-refractivity contribution is -0.140. The van der Waals surface area contributed by atoms with E-state index in [1.807, 2.05) is 6.92 Å². The van der Waals surface area contributed by atoms with Crippen LogP contribution >= 0.6 is 34.8 Å². The summed E-state index contributed by atoms with van der Waals surface area (Å²) in [6.45, 7) is 3.78. The highest BCUT2D eigenvalue weighted by Gasteiger charge is 2.34. The third-order valence-corrected chi connectivity index (χ3v) is 8.83. The quantitative estimate of drug-likeness (QED) is 0.218. The molecule has 1 atom stereocenters. The molecule has 40 heavy (non-hydrogen) atoms. The van der Waals surface area contributed by atoms with Gasteiger partial charge in [0.2, 0.25) is 11.8 Å². The van der Waals surface area contributed by atoms with Crippen LogP contribution in [0.4, 0.5) is 5.69 Å². The van der Waals surface area contributed by atoms with Gasteiger partial charge in [-0.25, -0.2) is 8.42 Å². The molecule has 0 aromatic heterocycles. The lowest BCUT2D eigenvalue weighted by Crippen LogP contribution is -2.52. The van der Waals surface area contributed by atoms with Crippen molar-refractivity contribution in [3.63, 3.8) is 0 Å². The second kappa shape index (κ2) is 14.7. The van der Waals surface area contributed by atoms with Crippen molar-refractivity contribution < 1.29 is 18.0 Å². The Balaban J connectivity index is 2.05.